The molecule has 134 valence electrons. The molecule has 0 unspecified atom stereocenters. The SMILES string of the molecule is COc1ccc(C(=O)Nc2ccc(-c3nc4ccc(C)cc4o3)cc2)cc1. The first-order chi connectivity index (χ1) is 13.1. The highest BCUT2D eigenvalue weighted by atomic mass is 16.5. The predicted octanol–water partition coefficient (Wildman–Crippen LogP) is 5.06. The summed E-state index contributed by atoms with van der Waals surface area (Å²) in [4.78, 5) is 16.8. The summed E-state index contributed by atoms with van der Waals surface area (Å²) in [6.45, 7) is 2.02. The smallest absolute Gasteiger partial charge is 0.255 e. The Morgan fingerprint density at radius 2 is 1.74 bits per heavy atom. The average Bonchev–Trinajstić information content (AvgIpc) is 3.11. The van der Waals surface area contributed by atoms with E-state index in [0.29, 0.717) is 22.9 Å². The normalized spacial score (nSPS) is 10.7. The molecule has 1 aromatic heterocycles. The molecule has 5 heteroatoms. The number of carbonyl (C=O) groups is 1. The zero-order valence-corrected chi connectivity index (χ0v) is 15.0. The van der Waals surface area contributed by atoms with Gasteiger partial charge < -0.3 is 14.5 Å². The molecule has 0 aliphatic rings. The Morgan fingerprint density at radius 3 is 2.44 bits per heavy atom. The Kier molecular flexibility index (Phi) is 4.34. The fourth-order valence-corrected chi connectivity index (χ4v) is 2.80. The fourth-order valence-electron chi connectivity index (χ4n) is 2.80. The molecule has 4 aromatic rings. The first-order valence-electron chi connectivity index (χ1n) is 8.55. The quantitative estimate of drug-likeness (QED) is 0.553. The maximum Gasteiger partial charge on any atom is 0.255 e. The number of fused-ring (bicyclic) bond motifs is 1. The van der Waals surface area contributed by atoms with Gasteiger partial charge in [-0.3, -0.25) is 4.79 Å². The first kappa shape index (κ1) is 16.8. The zero-order valence-electron chi connectivity index (χ0n) is 15.0. The monoisotopic (exact) mass is 358 g/mol. The molecule has 3 aromatic carbocycles. The number of oxazole rings is 1. The third kappa shape index (κ3) is 3.53. The van der Waals surface area contributed by atoms with E-state index in [1.54, 1.807) is 31.4 Å². The van der Waals surface area contributed by atoms with Gasteiger partial charge in [-0.05, 0) is 73.2 Å². The van der Waals surface area contributed by atoms with Gasteiger partial charge in [-0.15, -0.1) is 0 Å². The number of ether oxygens (including phenoxy) is 1. The van der Waals surface area contributed by atoms with E-state index in [2.05, 4.69) is 10.3 Å². The van der Waals surface area contributed by atoms with Crippen molar-refractivity contribution in [3.8, 4) is 17.2 Å². The van der Waals surface area contributed by atoms with Gasteiger partial charge in [0.1, 0.15) is 11.3 Å². The molecule has 0 fully saturated rings. The number of aromatic nitrogens is 1. The minimum atomic E-state index is -0.178. The fraction of sp³-hybridized carbons (Fsp3) is 0.0909. The number of nitrogens with zero attached hydrogens (tertiary/aromatic N) is 1. The Labute approximate surface area is 156 Å². The molecule has 0 saturated heterocycles. The summed E-state index contributed by atoms with van der Waals surface area (Å²) in [6.07, 6.45) is 0. The van der Waals surface area contributed by atoms with Crippen molar-refractivity contribution < 1.29 is 13.9 Å². The molecule has 27 heavy (non-hydrogen) atoms. The molecule has 0 spiro atoms. The number of benzene rings is 3. The average molecular weight is 358 g/mol. The molecule has 1 N–H and O–H groups in total. The molecule has 0 aliphatic carbocycles. The van der Waals surface area contributed by atoms with Gasteiger partial charge in [-0.25, -0.2) is 4.98 Å². The molecule has 0 atom stereocenters. The Balaban J connectivity index is 1.51. The van der Waals surface area contributed by atoms with E-state index in [4.69, 9.17) is 9.15 Å². The maximum atomic E-state index is 12.3. The lowest BCUT2D eigenvalue weighted by molar-refractivity contribution is 0.102. The summed E-state index contributed by atoms with van der Waals surface area (Å²) >= 11 is 0. The van der Waals surface area contributed by atoms with Crippen LogP contribution in [0.25, 0.3) is 22.6 Å². The summed E-state index contributed by atoms with van der Waals surface area (Å²) in [5, 5.41) is 2.88. The molecule has 4 rings (SSSR count). The van der Waals surface area contributed by atoms with Crippen LogP contribution in [0.2, 0.25) is 0 Å². The zero-order chi connectivity index (χ0) is 18.8. The maximum absolute atomic E-state index is 12.3. The van der Waals surface area contributed by atoms with Crippen LogP contribution >= 0.6 is 0 Å². The standard InChI is InChI=1S/C22H18N2O3/c1-14-3-12-19-20(13-14)27-22(24-19)16-4-8-17(9-5-16)23-21(25)15-6-10-18(26-2)11-7-15/h3-13H,1-2H3,(H,23,25). The van der Waals surface area contributed by atoms with Gasteiger partial charge in [0.2, 0.25) is 5.89 Å². The summed E-state index contributed by atoms with van der Waals surface area (Å²) in [7, 11) is 1.59. The lowest BCUT2D eigenvalue weighted by Gasteiger charge is -2.06. The summed E-state index contributed by atoms with van der Waals surface area (Å²) < 4.78 is 10.9. The predicted molar refractivity (Wildman–Crippen MR) is 105 cm³/mol. The van der Waals surface area contributed by atoms with E-state index in [-0.39, 0.29) is 5.91 Å². The largest absolute Gasteiger partial charge is 0.497 e. The molecule has 1 heterocycles. The van der Waals surface area contributed by atoms with Crippen molar-refractivity contribution >= 4 is 22.7 Å². The lowest BCUT2D eigenvalue weighted by atomic mass is 10.1. The van der Waals surface area contributed by atoms with Crippen LogP contribution in [-0.2, 0) is 0 Å². The van der Waals surface area contributed by atoms with E-state index in [1.807, 2.05) is 49.4 Å². The Hall–Kier alpha value is -3.60. The van der Waals surface area contributed by atoms with Crippen LogP contribution in [0.3, 0.4) is 0 Å². The second-order valence-electron chi connectivity index (χ2n) is 6.25. The van der Waals surface area contributed by atoms with Gasteiger partial charge in [0.25, 0.3) is 5.91 Å². The van der Waals surface area contributed by atoms with Crippen LogP contribution in [0, 0.1) is 6.92 Å². The highest BCUT2D eigenvalue weighted by Gasteiger charge is 2.10. The third-order valence-electron chi connectivity index (χ3n) is 4.29. The van der Waals surface area contributed by atoms with Crippen molar-refractivity contribution in [3.05, 3.63) is 77.9 Å². The van der Waals surface area contributed by atoms with Crippen molar-refractivity contribution in [2.75, 3.05) is 12.4 Å². The van der Waals surface area contributed by atoms with E-state index in [1.165, 1.54) is 0 Å². The highest BCUT2D eigenvalue weighted by Crippen LogP contribution is 2.26. The molecular formula is C22H18N2O3. The number of nitrogens with one attached hydrogen (secondary N) is 1. The number of methoxy groups -OCH3 is 1. The van der Waals surface area contributed by atoms with Crippen molar-refractivity contribution in [2.24, 2.45) is 0 Å². The first-order valence-corrected chi connectivity index (χ1v) is 8.55. The van der Waals surface area contributed by atoms with Gasteiger partial charge >= 0.3 is 0 Å². The molecule has 0 aliphatic heterocycles. The van der Waals surface area contributed by atoms with Crippen LogP contribution in [0.5, 0.6) is 5.75 Å². The van der Waals surface area contributed by atoms with Gasteiger partial charge in [-0.2, -0.15) is 0 Å². The molecule has 1 amide bonds. The summed E-state index contributed by atoms with van der Waals surface area (Å²) in [5.41, 5.74) is 4.84. The number of hydrogen-bond donors (Lipinski definition) is 1. The minimum absolute atomic E-state index is 0.178. The van der Waals surface area contributed by atoms with E-state index in [9.17, 15) is 4.79 Å². The van der Waals surface area contributed by atoms with Gasteiger partial charge in [0.05, 0.1) is 7.11 Å². The lowest BCUT2D eigenvalue weighted by Crippen LogP contribution is -2.11. The number of hydrogen-bond acceptors (Lipinski definition) is 4. The van der Waals surface area contributed by atoms with E-state index < -0.39 is 0 Å². The van der Waals surface area contributed by atoms with Crippen LogP contribution in [-0.4, -0.2) is 18.0 Å². The number of carbonyl (C=O) groups excluding carboxylic acids is 1. The highest BCUT2D eigenvalue weighted by molar-refractivity contribution is 6.04. The van der Waals surface area contributed by atoms with Gasteiger partial charge in [0.15, 0.2) is 5.58 Å². The van der Waals surface area contributed by atoms with Crippen molar-refractivity contribution in [2.45, 2.75) is 6.92 Å². The number of anilines is 1. The van der Waals surface area contributed by atoms with Crippen LogP contribution in [0.1, 0.15) is 15.9 Å². The Morgan fingerprint density at radius 1 is 1.00 bits per heavy atom. The van der Waals surface area contributed by atoms with E-state index in [0.717, 1.165) is 22.2 Å². The molecular weight excluding hydrogens is 340 g/mol. The second-order valence-corrected chi connectivity index (χ2v) is 6.25. The number of amides is 1. The van der Waals surface area contributed by atoms with Crippen molar-refractivity contribution in [1.82, 2.24) is 4.98 Å². The van der Waals surface area contributed by atoms with E-state index >= 15 is 0 Å². The third-order valence-corrected chi connectivity index (χ3v) is 4.29. The Bertz CT molecular complexity index is 1100. The molecule has 5 nitrogen and oxygen atoms in total. The van der Waals surface area contributed by atoms with Gasteiger partial charge in [0, 0.05) is 16.8 Å². The summed E-state index contributed by atoms with van der Waals surface area (Å²) in [5.74, 6) is 1.09. The number of rotatable bonds is 4. The van der Waals surface area contributed by atoms with Crippen molar-refractivity contribution in [1.29, 1.82) is 0 Å². The second kappa shape index (κ2) is 6.96. The minimum Gasteiger partial charge on any atom is -0.497 e. The number of aryl methyl sites for hydroxylation is 1. The van der Waals surface area contributed by atoms with Crippen LogP contribution in [0.4, 0.5) is 5.69 Å². The molecule has 0 bridgehead atoms. The molecule has 0 radical (unpaired) electrons. The van der Waals surface area contributed by atoms with Crippen molar-refractivity contribution in [3.63, 3.8) is 0 Å². The van der Waals surface area contributed by atoms with Crippen LogP contribution < -0.4 is 10.1 Å². The summed E-state index contributed by atoms with van der Waals surface area (Å²) in [6, 6.07) is 20.3. The topological polar surface area (TPSA) is 64.4 Å². The molecule has 0 saturated carbocycles. The van der Waals surface area contributed by atoms with Gasteiger partial charge in [-0.1, -0.05) is 6.07 Å². The van der Waals surface area contributed by atoms with Crippen LogP contribution in [0.15, 0.2) is 71.1 Å².